The van der Waals surface area contributed by atoms with E-state index in [2.05, 4.69) is 31.9 Å². The second-order valence-corrected chi connectivity index (χ2v) is 5.68. The Kier molecular flexibility index (Phi) is 3.56. The molecule has 1 aromatic heterocycles. The third kappa shape index (κ3) is 2.26. The summed E-state index contributed by atoms with van der Waals surface area (Å²) in [5, 5.41) is 1.83. The van der Waals surface area contributed by atoms with Gasteiger partial charge in [-0.15, -0.1) is 11.3 Å². The number of hydrogen-bond donors (Lipinski definition) is 0. The molecule has 0 spiro atoms. The van der Waals surface area contributed by atoms with Crippen molar-refractivity contribution in [2.75, 3.05) is 0 Å². The number of halogens is 3. The molecule has 0 aliphatic carbocycles. The van der Waals surface area contributed by atoms with E-state index in [-0.39, 0.29) is 11.6 Å². The first kappa shape index (κ1) is 12.0. The Morgan fingerprint density at radius 2 is 1.94 bits per heavy atom. The molecular formula is C11H5Br2FOS. The van der Waals surface area contributed by atoms with Gasteiger partial charge in [-0.1, -0.05) is 0 Å². The van der Waals surface area contributed by atoms with Crippen LogP contribution in [-0.4, -0.2) is 5.78 Å². The molecule has 0 aliphatic heterocycles. The van der Waals surface area contributed by atoms with Crippen molar-refractivity contribution in [3.05, 3.63) is 54.8 Å². The molecule has 0 N–H and O–H groups in total. The number of rotatable bonds is 2. The zero-order valence-corrected chi connectivity index (χ0v) is 11.8. The molecule has 16 heavy (non-hydrogen) atoms. The highest BCUT2D eigenvalue weighted by atomic mass is 79.9. The van der Waals surface area contributed by atoms with Gasteiger partial charge < -0.3 is 0 Å². The van der Waals surface area contributed by atoms with E-state index >= 15 is 0 Å². The van der Waals surface area contributed by atoms with Crippen molar-refractivity contribution in [3.8, 4) is 0 Å². The average Bonchev–Trinajstić information content (AvgIpc) is 2.63. The summed E-state index contributed by atoms with van der Waals surface area (Å²) in [7, 11) is 0. The summed E-state index contributed by atoms with van der Waals surface area (Å²) in [6, 6.07) is 5.86. The Balaban J connectivity index is 2.46. The maximum atomic E-state index is 12.9. The number of benzene rings is 1. The van der Waals surface area contributed by atoms with Crippen molar-refractivity contribution in [1.29, 1.82) is 0 Å². The van der Waals surface area contributed by atoms with E-state index in [0.717, 1.165) is 4.47 Å². The normalized spacial score (nSPS) is 10.4. The van der Waals surface area contributed by atoms with E-state index in [1.165, 1.54) is 29.5 Å². The van der Waals surface area contributed by atoms with Gasteiger partial charge in [0.05, 0.1) is 4.88 Å². The van der Waals surface area contributed by atoms with Gasteiger partial charge in [-0.3, -0.25) is 4.79 Å². The molecule has 82 valence electrons. The van der Waals surface area contributed by atoms with Crippen LogP contribution in [0.15, 0.2) is 38.6 Å². The Bertz CT molecular complexity index is 551. The summed E-state index contributed by atoms with van der Waals surface area (Å²) < 4.78 is 14.1. The Labute approximate surface area is 113 Å². The zero-order valence-electron chi connectivity index (χ0n) is 7.84. The van der Waals surface area contributed by atoms with Gasteiger partial charge in [0, 0.05) is 14.5 Å². The largest absolute Gasteiger partial charge is 0.288 e. The van der Waals surface area contributed by atoms with Crippen LogP contribution in [0.4, 0.5) is 4.39 Å². The fraction of sp³-hybridized carbons (Fsp3) is 0. The van der Waals surface area contributed by atoms with Crippen LogP contribution in [0.2, 0.25) is 0 Å². The van der Waals surface area contributed by atoms with Crippen molar-refractivity contribution in [3.63, 3.8) is 0 Å². The molecule has 0 saturated carbocycles. The monoisotopic (exact) mass is 362 g/mol. The van der Waals surface area contributed by atoms with E-state index in [1.54, 1.807) is 0 Å². The number of carbonyl (C=O) groups excluding carboxylic acids is 1. The molecule has 0 atom stereocenters. The minimum Gasteiger partial charge on any atom is -0.288 e. The highest BCUT2D eigenvalue weighted by Gasteiger charge is 2.16. The SMILES string of the molecule is O=C(c1ccc(F)cc1Br)c1sccc1Br. The van der Waals surface area contributed by atoms with Crippen LogP contribution < -0.4 is 0 Å². The van der Waals surface area contributed by atoms with Gasteiger partial charge in [0.15, 0.2) is 0 Å². The average molecular weight is 364 g/mol. The van der Waals surface area contributed by atoms with Crippen LogP contribution in [0, 0.1) is 5.82 Å². The second-order valence-electron chi connectivity index (χ2n) is 3.05. The molecule has 1 nitrogen and oxygen atoms in total. The fourth-order valence-electron chi connectivity index (χ4n) is 1.25. The summed E-state index contributed by atoms with van der Waals surface area (Å²) in [6.07, 6.45) is 0. The Morgan fingerprint density at radius 3 is 2.50 bits per heavy atom. The minimum atomic E-state index is -0.367. The fourth-order valence-corrected chi connectivity index (χ4v) is 3.29. The summed E-state index contributed by atoms with van der Waals surface area (Å²) in [5.74, 6) is -0.484. The Morgan fingerprint density at radius 1 is 1.19 bits per heavy atom. The molecule has 1 heterocycles. The second kappa shape index (κ2) is 4.77. The van der Waals surface area contributed by atoms with Crippen LogP contribution in [0.3, 0.4) is 0 Å². The molecule has 0 aliphatic rings. The molecule has 0 radical (unpaired) electrons. The van der Waals surface area contributed by atoms with Crippen LogP contribution in [0.25, 0.3) is 0 Å². The van der Waals surface area contributed by atoms with E-state index in [4.69, 9.17) is 0 Å². The number of ketones is 1. The number of thiophene rings is 1. The van der Waals surface area contributed by atoms with E-state index in [0.29, 0.717) is 14.9 Å². The van der Waals surface area contributed by atoms with Crippen molar-refractivity contribution in [2.24, 2.45) is 0 Å². The molecule has 0 bridgehead atoms. The van der Waals surface area contributed by atoms with Crippen molar-refractivity contribution in [1.82, 2.24) is 0 Å². The van der Waals surface area contributed by atoms with Crippen LogP contribution >= 0.6 is 43.2 Å². The van der Waals surface area contributed by atoms with Gasteiger partial charge in [0.2, 0.25) is 5.78 Å². The Hall–Kier alpha value is -0.520. The van der Waals surface area contributed by atoms with Gasteiger partial charge in [-0.05, 0) is 61.5 Å². The first-order chi connectivity index (χ1) is 7.59. The lowest BCUT2D eigenvalue weighted by Crippen LogP contribution is -2.00. The number of carbonyl (C=O) groups is 1. The van der Waals surface area contributed by atoms with Crippen molar-refractivity contribution >= 4 is 49.0 Å². The standard InChI is InChI=1S/C11H5Br2FOS/c12-8-3-4-16-11(8)10(15)7-2-1-6(14)5-9(7)13/h1-5H. The van der Waals surface area contributed by atoms with Crippen LogP contribution in [0.1, 0.15) is 15.2 Å². The van der Waals surface area contributed by atoms with Gasteiger partial charge in [-0.25, -0.2) is 4.39 Å². The lowest BCUT2D eigenvalue weighted by Gasteiger charge is -2.02. The third-order valence-electron chi connectivity index (χ3n) is 2.00. The summed E-state index contributed by atoms with van der Waals surface area (Å²) >= 11 is 7.84. The predicted molar refractivity (Wildman–Crippen MR) is 69.6 cm³/mol. The minimum absolute atomic E-state index is 0.117. The van der Waals surface area contributed by atoms with Gasteiger partial charge in [-0.2, -0.15) is 0 Å². The van der Waals surface area contributed by atoms with E-state index < -0.39 is 0 Å². The van der Waals surface area contributed by atoms with Gasteiger partial charge >= 0.3 is 0 Å². The zero-order chi connectivity index (χ0) is 11.7. The summed E-state index contributed by atoms with van der Waals surface area (Å²) in [4.78, 5) is 12.7. The maximum Gasteiger partial charge on any atom is 0.205 e. The highest BCUT2D eigenvalue weighted by molar-refractivity contribution is 9.11. The summed E-state index contributed by atoms with van der Waals surface area (Å²) in [5.41, 5.74) is 0.463. The first-order valence-electron chi connectivity index (χ1n) is 4.32. The van der Waals surface area contributed by atoms with Crippen LogP contribution in [0.5, 0.6) is 0 Å². The van der Waals surface area contributed by atoms with Gasteiger partial charge in [0.25, 0.3) is 0 Å². The molecule has 1 aromatic carbocycles. The van der Waals surface area contributed by atoms with E-state index in [9.17, 15) is 9.18 Å². The molecule has 5 heteroatoms. The van der Waals surface area contributed by atoms with Crippen molar-refractivity contribution < 1.29 is 9.18 Å². The summed E-state index contributed by atoms with van der Waals surface area (Å²) in [6.45, 7) is 0. The topological polar surface area (TPSA) is 17.1 Å². The molecular weight excluding hydrogens is 359 g/mol. The quantitative estimate of drug-likeness (QED) is 0.710. The molecule has 2 aromatic rings. The maximum absolute atomic E-state index is 12.9. The first-order valence-corrected chi connectivity index (χ1v) is 6.79. The smallest absolute Gasteiger partial charge is 0.205 e. The van der Waals surface area contributed by atoms with Crippen molar-refractivity contribution in [2.45, 2.75) is 0 Å². The predicted octanol–water partition coefficient (Wildman–Crippen LogP) is 4.64. The molecule has 0 saturated heterocycles. The lowest BCUT2D eigenvalue weighted by atomic mass is 10.1. The highest BCUT2D eigenvalue weighted by Crippen LogP contribution is 2.28. The molecule has 0 unspecified atom stereocenters. The molecule has 0 amide bonds. The van der Waals surface area contributed by atoms with Crippen LogP contribution in [-0.2, 0) is 0 Å². The number of hydrogen-bond acceptors (Lipinski definition) is 2. The van der Waals surface area contributed by atoms with Gasteiger partial charge in [0.1, 0.15) is 5.82 Å². The van der Waals surface area contributed by atoms with E-state index in [1.807, 2.05) is 11.4 Å². The lowest BCUT2D eigenvalue weighted by molar-refractivity contribution is 0.104. The molecule has 0 fully saturated rings. The third-order valence-corrected chi connectivity index (χ3v) is 4.49. The molecule has 2 rings (SSSR count).